The van der Waals surface area contributed by atoms with E-state index in [0.29, 0.717) is 5.69 Å². The first kappa shape index (κ1) is 19.2. The number of ether oxygens (including phenoxy) is 5. The Hall–Kier alpha value is -3.14. The Kier molecular flexibility index (Phi) is 7.37. The van der Waals surface area contributed by atoms with Gasteiger partial charge in [0.25, 0.3) is 25.9 Å². The van der Waals surface area contributed by atoms with E-state index < -0.39 is 30.6 Å². The maximum absolute atomic E-state index is 11.0. The van der Waals surface area contributed by atoms with Gasteiger partial charge >= 0.3 is 0 Å². The van der Waals surface area contributed by atoms with Gasteiger partial charge in [0.1, 0.15) is 18.8 Å². The summed E-state index contributed by atoms with van der Waals surface area (Å²) in [7, 11) is 0. The lowest BCUT2D eigenvalue weighted by atomic mass is 9.96. The van der Waals surface area contributed by atoms with E-state index in [-0.39, 0.29) is 32.5 Å². The van der Waals surface area contributed by atoms with Crippen molar-refractivity contribution >= 4 is 31.6 Å². The van der Waals surface area contributed by atoms with Crippen LogP contribution in [0.2, 0.25) is 0 Å². The lowest BCUT2D eigenvalue weighted by Crippen LogP contribution is -2.63. The van der Waals surface area contributed by atoms with Crippen LogP contribution in [0.1, 0.15) is 0 Å². The molecule has 140 valence electrons. The number of hydrogen-bond donors (Lipinski definition) is 1. The van der Waals surface area contributed by atoms with Crippen molar-refractivity contribution < 1.29 is 42.9 Å². The van der Waals surface area contributed by atoms with Crippen molar-refractivity contribution in [3.05, 3.63) is 30.3 Å². The molecular formula is C16H17NO9. The molecular weight excluding hydrogens is 350 g/mol. The van der Waals surface area contributed by atoms with E-state index in [2.05, 4.69) is 10.1 Å². The standard InChI is InChI=1S/C16H17NO9/c18-7-22-6-12-14(23-8-19)15(24-9-20)13(16(26-12)25-10-21)17-11-4-2-1-3-5-11/h1-5,7-10,12-17H,6H2. The third-order valence-corrected chi connectivity index (χ3v) is 3.70. The molecule has 0 aliphatic carbocycles. The number of nitrogens with one attached hydrogen (secondary N) is 1. The molecule has 1 aliphatic heterocycles. The molecule has 0 saturated carbocycles. The molecule has 2 rings (SSSR count). The fourth-order valence-corrected chi connectivity index (χ4v) is 2.68. The van der Waals surface area contributed by atoms with Gasteiger partial charge in [-0.3, -0.25) is 19.2 Å². The molecule has 0 bridgehead atoms. The van der Waals surface area contributed by atoms with Crippen molar-refractivity contribution in [3.8, 4) is 0 Å². The zero-order valence-corrected chi connectivity index (χ0v) is 13.5. The van der Waals surface area contributed by atoms with Crippen molar-refractivity contribution in [2.75, 3.05) is 11.9 Å². The van der Waals surface area contributed by atoms with Crippen molar-refractivity contribution in [1.29, 1.82) is 0 Å². The number of carbonyl (C=O) groups excluding carboxylic acids is 4. The first-order chi connectivity index (χ1) is 12.7. The van der Waals surface area contributed by atoms with E-state index in [1.165, 1.54) is 0 Å². The Morgan fingerprint density at radius 2 is 1.54 bits per heavy atom. The van der Waals surface area contributed by atoms with Crippen LogP contribution in [0.15, 0.2) is 30.3 Å². The molecule has 10 heteroatoms. The van der Waals surface area contributed by atoms with Gasteiger partial charge in [-0.25, -0.2) is 0 Å². The van der Waals surface area contributed by atoms with Crippen LogP contribution >= 0.6 is 0 Å². The number of para-hydroxylation sites is 1. The number of anilines is 1. The minimum Gasteiger partial charge on any atom is -0.465 e. The molecule has 1 aromatic rings. The SMILES string of the molecule is O=COCC1OC(OC=O)C(Nc2ccccc2)C(OC=O)C1OC=O. The molecule has 0 amide bonds. The van der Waals surface area contributed by atoms with Gasteiger partial charge in [0.05, 0.1) is 0 Å². The fourth-order valence-electron chi connectivity index (χ4n) is 2.68. The highest BCUT2D eigenvalue weighted by Gasteiger charge is 2.50. The van der Waals surface area contributed by atoms with Crippen molar-refractivity contribution in [1.82, 2.24) is 0 Å². The zero-order chi connectivity index (χ0) is 18.8. The molecule has 5 atom stereocenters. The van der Waals surface area contributed by atoms with Crippen molar-refractivity contribution in [2.24, 2.45) is 0 Å². The molecule has 1 fully saturated rings. The Labute approximate surface area is 148 Å². The van der Waals surface area contributed by atoms with E-state index in [9.17, 15) is 19.2 Å². The largest absolute Gasteiger partial charge is 0.465 e. The zero-order valence-electron chi connectivity index (χ0n) is 13.5. The predicted molar refractivity (Wildman–Crippen MR) is 83.6 cm³/mol. The monoisotopic (exact) mass is 367 g/mol. The lowest BCUT2D eigenvalue weighted by molar-refractivity contribution is -0.256. The van der Waals surface area contributed by atoms with E-state index in [0.717, 1.165) is 0 Å². The highest BCUT2D eigenvalue weighted by molar-refractivity contribution is 5.46. The topological polar surface area (TPSA) is 126 Å². The van der Waals surface area contributed by atoms with Crippen molar-refractivity contribution in [2.45, 2.75) is 30.6 Å². The van der Waals surface area contributed by atoms with E-state index in [4.69, 9.17) is 18.9 Å². The third-order valence-electron chi connectivity index (χ3n) is 3.70. The Morgan fingerprint density at radius 3 is 2.15 bits per heavy atom. The van der Waals surface area contributed by atoms with E-state index in [1.54, 1.807) is 30.3 Å². The summed E-state index contributed by atoms with van der Waals surface area (Å²) in [4.78, 5) is 43.2. The van der Waals surface area contributed by atoms with Gasteiger partial charge in [-0.1, -0.05) is 18.2 Å². The quantitative estimate of drug-likeness (QED) is 0.408. The lowest BCUT2D eigenvalue weighted by Gasteiger charge is -2.43. The normalized spacial score (nSPS) is 27.5. The summed E-state index contributed by atoms with van der Waals surface area (Å²) in [5, 5.41) is 3.02. The number of rotatable bonds is 11. The summed E-state index contributed by atoms with van der Waals surface area (Å²) >= 11 is 0. The summed E-state index contributed by atoms with van der Waals surface area (Å²) in [5.74, 6) is 0. The van der Waals surface area contributed by atoms with Gasteiger partial charge in [-0.2, -0.15) is 0 Å². The number of hydrogen-bond acceptors (Lipinski definition) is 10. The van der Waals surface area contributed by atoms with Crippen LogP contribution in [-0.4, -0.2) is 63.1 Å². The van der Waals surface area contributed by atoms with Crippen LogP contribution in [0.5, 0.6) is 0 Å². The maximum atomic E-state index is 11.0. The van der Waals surface area contributed by atoms with E-state index >= 15 is 0 Å². The third kappa shape index (κ3) is 4.70. The molecule has 1 N–H and O–H groups in total. The summed E-state index contributed by atoms with van der Waals surface area (Å²) in [5.41, 5.74) is 0.618. The molecule has 0 radical (unpaired) electrons. The van der Waals surface area contributed by atoms with Crippen LogP contribution in [0.25, 0.3) is 0 Å². The van der Waals surface area contributed by atoms with Gasteiger partial charge in [0, 0.05) is 5.69 Å². The molecule has 10 nitrogen and oxygen atoms in total. The summed E-state index contributed by atoms with van der Waals surface area (Å²) in [6.45, 7) is 0.370. The van der Waals surface area contributed by atoms with Crippen LogP contribution in [0.3, 0.4) is 0 Å². The number of benzene rings is 1. The highest BCUT2D eigenvalue weighted by Crippen LogP contribution is 2.28. The average molecular weight is 367 g/mol. The molecule has 0 aromatic heterocycles. The maximum Gasteiger partial charge on any atom is 0.295 e. The summed E-state index contributed by atoms with van der Waals surface area (Å²) in [6, 6.07) is 7.88. The highest BCUT2D eigenvalue weighted by atomic mass is 16.7. The second-order valence-corrected chi connectivity index (χ2v) is 5.13. The van der Waals surface area contributed by atoms with Gasteiger partial charge in [0.15, 0.2) is 12.2 Å². The second kappa shape index (κ2) is 9.99. The predicted octanol–water partition coefficient (Wildman–Crippen LogP) is -0.379. The first-order valence-corrected chi connectivity index (χ1v) is 7.54. The first-order valence-electron chi connectivity index (χ1n) is 7.54. The smallest absolute Gasteiger partial charge is 0.295 e. The molecule has 1 aromatic carbocycles. The molecule has 1 saturated heterocycles. The van der Waals surface area contributed by atoms with Gasteiger partial charge in [0.2, 0.25) is 6.29 Å². The van der Waals surface area contributed by atoms with Gasteiger partial charge < -0.3 is 29.0 Å². The van der Waals surface area contributed by atoms with Crippen LogP contribution in [0.4, 0.5) is 5.69 Å². The van der Waals surface area contributed by atoms with Crippen LogP contribution in [0, 0.1) is 0 Å². The minimum atomic E-state index is -1.20. The molecule has 5 unspecified atom stereocenters. The van der Waals surface area contributed by atoms with Gasteiger partial charge in [-0.05, 0) is 12.1 Å². The van der Waals surface area contributed by atoms with Crippen LogP contribution in [-0.2, 0) is 42.9 Å². The summed E-state index contributed by atoms with van der Waals surface area (Å²) in [6.07, 6.45) is -4.42. The Balaban J connectivity index is 2.32. The van der Waals surface area contributed by atoms with Crippen LogP contribution < -0.4 is 5.32 Å². The fraction of sp³-hybridized carbons (Fsp3) is 0.375. The van der Waals surface area contributed by atoms with Gasteiger partial charge in [-0.15, -0.1) is 0 Å². The average Bonchev–Trinajstić information content (AvgIpc) is 2.66. The van der Waals surface area contributed by atoms with E-state index in [1.807, 2.05) is 0 Å². The second-order valence-electron chi connectivity index (χ2n) is 5.13. The molecule has 1 aliphatic rings. The molecule has 26 heavy (non-hydrogen) atoms. The Morgan fingerprint density at radius 1 is 0.885 bits per heavy atom. The molecule has 0 spiro atoms. The van der Waals surface area contributed by atoms with Crippen molar-refractivity contribution in [3.63, 3.8) is 0 Å². The Bertz CT molecular complexity index is 597. The summed E-state index contributed by atoms with van der Waals surface area (Å²) < 4.78 is 25.2. The minimum absolute atomic E-state index is 0.156. The molecule has 1 heterocycles. The number of carbonyl (C=O) groups is 4.